The fourth-order valence-corrected chi connectivity index (χ4v) is 2.29. The van der Waals surface area contributed by atoms with Gasteiger partial charge in [-0.05, 0) is 32.4 Å². The van der Waals surface area contributed by atoms with E-state index < -0.39 is 22.3 Å². The van der Waals surface area contributed by atoms with Gasteiger partial charge in [0.15, 0.2) is 0 Å². The van der Waals surface area contributed by atoms with Crippen LogP contribution >= 0.6 is 0 Å². The Kier molecular flexibility index (Phi) is 5.16. The predicted octanol–water partition coefficient (Wildman–Crippen LogP) is 2.15. The van der Waals surface area contributed by atoms with E-state index in [9.17, 15) is 19.7 Å². The molecule has 1 amide bonds. The minimum absolute atomic E-state index is 0.0903. The molecule has 1 heterocycles. The van der Waals surface area contributed by atoms with Crippen LogP contribution in [0.4, 0.5) is 5.69 Å². The first-order chi connectivity index (χ1) is 11.7. The zero-order valence-corrected chi connectivity index (χ0v) is 13.8. The van der Waals surface area contributed by atoms with Gasteiger partial charge < -0.3 is 15.0 Å². The summed E-state index contributed by atoms with van der Waals surface area (Å²) >= 11 is 0. The molecule has 2 rings (SSSR count). The summed E-state index contributed by atoms with van der Waals surface area (Å²) in [5, 5.41) is 22.8. The maximum absolute atomic E-state index is 12.4. The third kappa shape index (κ3) is 4.63. The van der Waals surface area contributed by atoms with E-state index >= 15 is 0 Å². The van der Waals surface area contributed by atoms with Crippen LogP contribution in [0.2, 0.25) is 0 Å². The van der Waals surface area contributed by atoms with Crippen molar-refractivity contribution in [2.24, 2.45) is 0 Å². The summed E-state index contributed by atoms with van der Waals surface area (Å²) in [6, 6.07) is 4.14. The fraction of sp³-hybridized carbons (Fsp3) is 0.312. The number of aliphatic carboxylic acids is 1. The van der Waals surface area contributed by atoms with Gasteiger partial charge in [0, 0.05) is 36.0 Å². The van der Waals surface area contributed by atoms with Crippen LogP contribution < -0.4 is 5.32 Å². The number of amides is 1. The third-order valence-electron chi connectivity index (χ3n) is 3.63. The molecule has 25 heavy (non-hydrogen) atoms. The number of nitro groups is 1. The van der Waals surface area contributed by atoms with Gasteiger partial charge in [-0.2, -0.15) is 0 Å². The van der Waals surface area contributed by atoms with E-state index in [1.54, 1.807) is 20.0 Å². The number of aromatic nitrogens is 2. The molecule has 0 spiro atoms. The normalized spacial score (nSPS) is 11.1. The van der Waals surface area contributed by atoms with Gasteiger partial charge in [-0.1, -0.05) is 0 Å². The third-order valence-corrected chi connectivity index (χ3v) is 3.63. The lowest BCUT2D eigenvalue weighted by atomic mass is 9.97. The lowest BCUT2D eigenvalue weighted by Crippen LogP contribution is -2.43. The molecule has 0 saturated heterocycles. The second kappa shape index (κ2) is 7.12. The van der Waals surface area contributed by atoms with Crippen LogP contribution in [0.1, 0.15) is 37.0 Å². The first-order valence-corrected chi connectivity index (χ1v) is 7.51. The number of imidazole rings is 1. The molecule has 0 saturated carbocycles. The summed E-state index contributed by atoms with van der Waals surface area (Å²) in [4.78, 5) is 37.7. The molecule has 1 aromatic heterocycles. The zero-order valence-electron chi connectivity index (χ0n) is 13.8. The molecule has 0 unspecified atom stereocenters. The quantitative estimate of drug-likeness (QED) is 0.584. The highest BCUT2D eigenvalue weighted by Gasteiger charge is 2.24. The first kappa shape index (κ1) is 18.1. The molecule has 0 aliphatic carbocycles. The molecular formula is C16H18N4O5. The number of nitrogens with zero attached hydrogens (tertiary/aromatic N) is 3. The van der Waals surface area contributed by atoms with Gasteiger partial charge in [-0.25, -0.2) is 4.98 Å². The zero-order chi connectivity index (χ0) is 18.6. The molecule has 1 aromatic carbocycles. The van der Waals surface area contributed by atoms with E-state index in [-0.39, 0.29) is 24.1 Å². The standard InChI is InChI=1S/C16H18N4O5/c1-16(2,6-5-14(21)22)18-15(23)11-3-4-12(13(9-11)20(24)25)19-8-7-17-10-19/h3-4,7-10H,5-6H2,1-2H3,(H,18,23)(H,21,22). The van der Waals surface area contributed by atoms with Crippen molar-refractivity contribution in [1.29, 1.82) is 0 Å². The lowest BCUT2D eigenvalue weighted by molar-refractivity contribution is -0.384. The van der Waals surface area contributed by atoms with Crippen molar-refractivity contribution in [2.75, 3.05) is 0 Å². The van der Waals surface area contributed by atoms with Crippen LogP contribution in [-0.4, -0.2) is 37.0 Å². The average molecular weight is 346 g/mol. The Morgan fingerprint density at radius 1 is 1.40 bits per heavy atom. The van der Waals surface area contributed by atoms with Crippen LogP contribution in [0, 0.1) is 10.1 Å². The van der Waals surface area contributed by atoms with Crippen molar-refractivity contribution in [3.63, 3.8) is 0 Å². The fourth-order valence-electron chi connectivity index (χ4n) is 2.29. The van der Waals surface area contributed by atoms with E-state index in [4.69, 9.17) is 5.11 Å². The lowest BCUT2D eigenvalue weighted by Gasteiger charge is -2.25. The Morgan fingerprint density at radius 2 is 2.12 bits per heavy atom. The van der Waals surface area contributed by atoms with Crippen molar-refractivity contribution < 1.29 is 19.6 Å². The largest absolute Gasteiger partial charge is 0.481 e. The Labute approximate surface area is 143 Å². The Balaban J connectivity index is 2.25. The number of carbonyl (C=O) groups is 2. The van der Waals surface area contributed by atoms with Crippen molar-refractivity contribution in [2.45, 2.75) is 32.2 Å². The summed E-state index contributed by atoms with van der Waals surface area (Å²) in [5.41, 5.74) is -0.565. The molecule has 0 aliphatic heterocycles. The number of carbonyl (C=O) groups excluding carboxylic acids is 1. The van der Waals surface area contributed by atoms with Crippen LogP contribution in [-0.2, 0) is 4.79 Å². The summed E-state index contributed by atoms with van der Waals surface area (Å²) in [5.74, 6) is -1.46. The number of hydrogen-bond donors (Lipinski definition) is 2. The van der Waals surface area contributed by atoms with E-state index in [1.165, 1.54) is 35.3 Å². The number of nitro benzene ring substituents is 1. The van der Waals surface area contributed by atoms with Gasteiger partial charge in [0.2, 0.25) is 0 Å². The summed E-state index contributed by atoms with van der Waals surface area (Å²) < 4.78 is 1.48. The SMILES string of the molecule is CC(C)(CCC(=O)O)NC(=O)c1ccc(-n2ccnc2)c([N+](=O)[O-])c1. The van der Waals surface area contributed by atoms with Gasteiger partial charge in [0.05, 0.1) is 11.3 Å². The highest BCUT2D eigenvalue weighted by atomic mass is 16.6. The maximum Gasteiger partial charge on any atom is 0.303 e. The minimum atomic E-state index is -0.956. The number of benzene rings is 1. The topological polar surface area (TPSA) is 127 Å². The van der Waals surface area contributed by atoms with Gasteiger partial charge in [-0.3, -0.25) is 19.7 Å². The molecule has 0 atom stereocenters. The van der Waals surface area contributed by atoms with E-state index in [0.717, 1.165) is 0 Å². The van der Waals surface area contributed by atoms with Crippen LogP contribution in [0.5, 0.6) is 0 Å². The molecular weight excluding hydrogens is 328 g/mol. The predicted molar refractivity (Wildman–Crippen MR) is 88.6 cm³/mol. The highest BCUT2D eigenvalue weighted by Crippen LogP contribution is 2.24. The van der Waals surface area contributed by atoms with Gasteiger partial charge >= 0.3 is 5.97 Å². The Hall–Kier alpha value is -3.23. The number of carboxylic acid groups (broad SMARTS) is 1. The highest BCUT2D eigenvalue weighted by molar-refractivity contribution is 5.95. The van der Waals surface area contributed by atoms with Crippen LogP contribution in [0.25, 0.3) is 5.69 Å². The van der Waals surface area contributed by atoms with Crippen LogP contribution in [0.3, 0.4) is 0 Å². The van der Waals surface area contributed by atoms with Crippen molar-refractivity contribution in [1.82, 2.24) is 14.9 Å². The molecule has 0 fully saturated rings. The van der Waals surface area contributed by atoms with Gasteiger partial charge in [0.25, 0.3) is 11.6 Å². The van der Waals surface area contributed by atoms with Crippen molar-refractivity contribution in [3.8, 4) is 5.69 Å². The maximum atomic E-state index is 12.4. The molecule has 0 radical (unpaired) electrons. The van der Waals surface area contributed by atoms with Crippen molar-refractivity contribution >= 4 is 17.6 Å². The molecule has 9 heteroatoms. The number of rotatable bonds is 7. The molecule has 0 bridgehead atoms. The number of hydrogen-bond acceptors (Lipinski definition) is 5. The van der Waals surface area contributed by atoms with E-state index in [0.29, 0.717) is 5.69 Å². The number of carboxylic acids is 1. The molecule has 132 valence electrons. The van der Waals surface area contributed by atoms with Gasteiger partial charge in [0.1, 0.15) is 5.69 Å². The summed E-state index contributed by atoms with van der Waals surface area (Å²) in [6.07, 6.45) is 4.64. The van der Waals surface area contributed by atoms with Crippen molar-refractivity contribution in [3.05, 3.63) is 52.6 Å². The molecule has 2 N–H and O–H groups in total. The summed E-state index contributed by atoms with van der Waals surface area (Å²) in [6.45, 7) is 3.39. The Morgan fingerprint density at radius 3 is 2.68 bits per heavy atom. The van der Waals surface area contributed by atoms with E-state index in [1.807, 2.05) is 0 Å². The monoisotopic (exact) mass is 346 g/mol. The molecule has 0 aliphatic rings. The smallest absolute Gasteiger partial charge is 0.303 e. The van der Waals surface area contributed by atoms with Gasteiger partial charge in [-0.15, -0.1) is 0 Å². The van der Waals surface area contributed by atoms with E-state index in [2.05, 4.69) is 10.3 Å². The number of nitrogens with one attached hydrogen (secondary N) is 1. The Bertz CT molecular complexity index is 799. The average Bonchev–Trinajstić information content (AvgIpc) is 3.06. The first-order valence-electron chi connectivity index (χ1n) is 7.51. The second-order valence-electron chi connectivity index (χ2n) is 6.16. The minimum Gasteiger partial charge on any atom is -0.481 e. The molecule has 9 nitrogen and oxygen atoms in total. The summed E-state index contributed by atoms with van der Waals surface area (Å²) in [7, 11) is 0. The van der Waals surface area contributed by atoms with Crippen LogP contribution in [0.15, 0.2) is 36.9 Å². The second-order valence-corrected chi connectivity index (χ2v) is 6.16. The molecule has 2 aromatic rings.